The first-order valence-electron chi connectivity index (χ1n) is 9.99. The second-order valence-electron chi connectivity index (χ2n) is 6.17. The van der Waals surface area contributed by atoms with Crippen molar-refractivity contribution in [2.45, 2.75) is 105 Å². The van der Waals surface area contributed by atoms with E-state index in [0.29, 0.717) is 0 Å². The second-order valence-corrected chi connectivity index (χ2v) is 6.17. The summed E-state index contributed by atoms with van der Waals surface area (Å²) < 4.78 is 0. The Hall–Kier alpha value is -1.58. The van der Waals surface area contributed by atoms with E-state index in [0.717, 1.165) is 50.5 Å². The Morgan fingerprint density at radius 2 is 0.958 bits per heavy atom. The van der Waals surface area contributed by atoms with Crippen LogP contribution < -0.4 is 0 Å². The quantitative estimate of drug-likeness (QED) is 0.315. The highest BCUT2D eigenvalue weighted by Crippen LogP contribution is 2.12. The zero-order chi connectivity index (χ0) is 17.9. The summed E-state index contributed by atoms with van der Waals surface area (Å²) in [6, 6.07) is 0. The molecule has 0 N–H and O–H groups in total. The topological polar surface area (TPSA) is 0 Å². The van der Waals surface area contributed by atoms with Crippen LogP contribution in [-0.2, 0) is 0 Å². The van der Waals surface area contributed by atoms with Crippen LogP contribution in [0.15, 0.2) is 11.1 Å². The second kappa shape index (κ2) is 17.8. The van der Waals surface area contributed by atoms with Crippen LogP contribution in [-0.4, -0.2) is 0 Å². The maximum Gasteiger partial charge on any atom is 0.0859 e. The van der Waals surface area contributed by atoms with Crippen LogP contribution in [0.5, 0.6) is 0 Å². The van der Waals surface area contributed by atoms with Crippen molar-refractivity contribution < 1.29 is 0 Å². The first kappa shape index (κ1) is 22.4. The fourth-order valence-electron chi connectivity index (χ4n) is 2.05. The normalized spacial score (nSPS) is 9.00. The maximum atomic E-state index is 3.40. The number of unbranched alkanes of at least 4 members (excludes halogenated alkanes) is 7. The smallest absolute Gasteiger partial charge is 0.0859 e. The zero-order valence-electron chi connectivity index (χ0n) is 16.5. The molecule has 0 aliphatic heterocycles. The van der Waals surface area contributed by atoms with E-state index in [2.05, 4.69) is 63.2 Å². The predicted octanol–water partition coefficient (Wildman–Crippen LogP) is 7.05. The Morgan fingerprint density at radius 3 is 1.38 bits per heavy atom. The molecule has 24 heavy (non-hydrogen) atoms. The van der Waals surface area contributed by atoms with Gasteiger partial charge in [-0.25, -0.2) is 0 Å². The highest BCUT2D eigenvalue weighted by molar-refractivity contribution is 5.53. The minimum atomic E-state index is 0.959. The third-order valence-corrected chi connectivity index (χ3v) is 3.71. The molecule has 0 aromatic heterocycles. The molecule has 0 spiro atoms. The number of allylic oxidation sites excluding steroid dienone is 2. The van der Waals surface area contributed by atoms with Gasteiger partial charge in [-0.05, 0) is 32.1 Å². The van der Waals surface area contributed by atoms with Gasteiger partial charge < -0.3 is 0 Å². The Balaban J connectivity index is 5.37. The van der Waals surface area contributed by atoms with E-state index < -0.39 is 0 Å². The lowest BCUT2D eigenvalue weighted by atomic mass is 10.0. The van der Waals surface area contributed by atoms with Crippen molar-refractivity contribution in [1.29, 1.82) is 0 Å². The van der Waals surface area contributed by atoms with E-state index in [9.17, 15) is 0 Å². The summed E-state index contributed by atoms with van der Waals surface area (Å²) in [4.78, 5) is 0. The summed E-state index contributed by atoms with van der Waals surface area (Å²) in [7, 11) is 0. The summed E-state index contributed by atoms with van der Waals surface area (Å²) in [5.74, 6) is 20.0. The lowest BCUT2D eigenvalue weighted by Gasteiger charge is -2.00. The van der Waals surface area contributed by atoms with Gasteiger partial charge in [0.15, 0.2) is 0 Å². The third-order valence-electron chi connectivity index (χ3n) is 3.71. The molecule has 0 aliphatic carbocycles. The van der Waals surface area contributed by atoms with Crippen molar-refractivity contribution in [3.05, 3.63) is 11.1 Å². The molecule has 132 valence electrons. The molecule has 0 aliphatic rings. The molecule has 0 nitrogen and oxygen atoms in total. The highest BCUT2D eigenvalue weighted by atomic mass is 14.0. The van der Waals surface area contributed by atoms with Crippen LogP contribution in [0.2, 0.25) is 0 Å². The van der Waals surface area contributed by atoms with E-state index >= 15 is 0 Å². The minimum Gasteiger partial charge on any atom is -0.0982 e. The van der Waals surface area contributed by atoms with Crippen molar-refractivity contribution in [3.63, 3.8) is 0 Å². The summed E-state index contributed by atoms with van der Waals surface area (Å²) in [6.07, 6.45) is 13.3. The van der Waals surface area contributed by atoms with Crippen molar-refractivity contribution in [2.24, 2.45) is 0 Å². The lowest BCUT2D eigenvalue weighted by molar-refractivity contribution is 0.798. The molecule has 0 saturated carbocycles. The van der Waals surface area contributed by atoms with Crippen LogP contribution in [0.1, 0.15) is 105 Å². The van der Waals surface area contributed by atoms with Crippen LogP contribution >= 0.6 is 0 Å². The predicted molar refractivity (Wildman–Crippen MR) is 108 cm³/mol. The minimum absolute atomic E-state index is 0.959. The Bertz CT molecular complexity index is 486. The molecular formula is C24H36. The van der Waals surface area contributed by atoms with Gasteiger partial charge in [-0.1, -0.05) is 88.9 Å². The van der Waals surface area contributed by atoms with Gasteiger partial charge >= 0.3 is 0 Å². The SMILES string of the molecule is CCCCC#CC(C#CCCCC)=C(C#CCCCC)CCCC. The highest BCUT2D eigenvalue weighted by Gasteiger charge is 2.00. The van der Waals surface area contributed by atoms with E-state index in [1.54, 1.807) is 0 Å². The molecule has 0 aromatic carbocycles. The molecule has 0 atom stereocenters. The number of hydrogen-bond acceptors (Lipinski definition) is 0. The summed E-state index contributed by atoms with van der Waals surface area (Å²) in [5, 5.41) is 0. The molecule has 0 amide bonds. The number of hydrogen-bond donors (Lipinski definition) is 0. The molecule has 0 heteroatoms. The molecular weight excluding hydrogens is 288 g/mol. The maximum absolute atomic E-state index is 3.40. The van der Waals surface area contributed by atoms with Crippen LogP contribution in [0.3, 0.4) is 0 Å². The van der Waals surface area contributed by atoms with Gasteiger partial charge in [0, 0.05) is 24.8 Å². The Kier molecular flexibility index (Phi) is 16.6. The summed E-state index contributed by atoms with van der Waals surface area (Å²) >= 11 is 0. The van der Waals surface area contributed by atoms with Crippen molar-refractivity contribution >= 4 is 0 Å². The van der Waals surface area contributed by atoms with E-state index in [1.165, 1.54) is 37.7 Å². The first-order valence-corrected chi connectivity index (χ1v) is 9.99. The summed E-state index contributed by atoms with van der Waals surface area (Å²) in [5.41, 5.74) is 2.15. The van der Waals surface area contributed by atoms with Gasteiger partial charge in [-0.15, -0.1) is 0 Å². The first-order chi connectivity index (χ1) is 11.8. The van der Waals surface area contributed by atoms with E-state index in [1.807, 2.05) is 0 Å². The fraction of sp³-hybridized carbons (Fsp3) is 0.667. The third kappa shape index (κ3) is 12.9. The van der Waals surface area contributed by atoms with Gasteiger partial charge in [-0.2, -0.15) is 0 Å². The fourth-order valence-corrected chi connectivity index (χ4v) is 2.05. The standard InChI is InChI=1S/C24H36/c1-5-9-13-16-20-23(19-12-8-4)24(21-17-14-10-6-2)22-18-15-11-7-3/h5-15,19H2,1-4H3. The average Bonchev–Trinajstić information content (AvgIpc) is 2.60. The molecule has 0 bridgehead atoms. The van der Waals surface area contributed by atoms with Crippen molar-refractivity contribution in [2.75, 3.05) is 0 Å². The van der Waals surface area contributed by atoms with Crippen LogP contribution in [0.4, 0.5) is 0 Å². The molecule has 0 rings (SSSR count). The van der Waals surface area contributed by atoms with Gasteiger partial charge in [0.1, 0.15) is 0 Å². The zero-order valence-corrected chi connectivity index (χ0v) is 16.5. The largest absolute Gasteiger partial charge is 0.0982 e. The van der Waals surface area contributed by atoms with Crippen molar-refractivity contribution in [3.8, 4) is 35.5 Å². The van der Waals surface area contributed by atoms with E-state index in [4.69, 9.17) is 0 Å². The molecule has 0 aromatic rings. The van der Waals surface area contributed by atoms with Crippen LogP contribution in [0, 0.1) is 35.5 Å². The summed E-state index contributed by atoms with van der Waals surface area (Å²) in [6.45, 7) is 8.84. The molecule has 0 saturated heterocycles. The van der Waals surface area contributed by atoms with Crippen LogP contribution in [0.25, 0.3) is 0 Å². The Morgan fingerprint density at radius 1 is 0.542 bits per heavy atom. The molecule has 0 heterocycles. The number of rotatable bonds is 9. The Labute approximate surface area is 151 Å². The van der Waals surface area contributed by atoms with E-state index in [-0.39, 0.29) is 0 Å². The molecule has 0 fully saturated rings. The van der Waals surface area contributed by atoms with Crippen molar-refractivity contribution in [1.82, 2.24) is 0 Å². The average molecular weight is 325 g/mol. The molecule has 0 unspecified atom stereocenters. The van der Waals surface area contributed by atoms with Gasteiger partial charge in [0.25, 0.3) is 0 Å². The lowest BCUT2D eigenvalue weighted by Crippen LogP contribution is -1.88. The van der Waals surface area contributed by atoms with Gasteiger partial charge in [0.2, 0.25) is 0 Å². The monoisotopic (exact) mass is 324 g/mol. The van der Waals surface area contributed by atoms with Gasteiger partial charge in [-0.3, -0.25) is 0 Å². The molecule has 0 radical (unpaired) electrons. The van der Waals surface area contributed by atoms with Gasteiger partial charge in [0.05, 0.1) is 5.57 Å².